The fraction of sp³-hybridized carbons (Fsp3) is 0.571. The summed E-state index contributed by atoms with van der Waals surface area (Å²) in [5.41, 5.74) is 1.04. The summed E-state index contributed by atoms with van der Waals surface area (Å²) in [4.78, 5) is 24.2. The Balaban J connectivity index is 3.02. The molecule has 0 N–H and O–H groups in total. The maximum atomic E-state index is 12.2. The van der Waals surface area contributed by atoms with Gasteiger partial charge in [-0.3, -0.25) is 9.59 Å². The SMILES string of the molecule is CCCCCC1=C(C)C(=O)C(OC)=C(OC)C1=O. The van der Waals surface area contributed by atoms with Crippen molar-refractivity contribution >= 4 is 11.6 Å². The summed E-state index contributed by atoms with van der Waals surface area (Å²) >= 11 is 0. The maximum Gasteiger partial charge on any atom is 0.228 e. The van der Waals surface area contributed by atoms with Crippen molar-refractivity contribution in [2.24, 2.45) is 0 Å². The van der Waals surface area contributed by atoms with Crippen molar-refractivity contribution in [2.45, 2.75) is 39.5 Å². The van der Waals surface area contributed by atoms with E-state index in [-0.39, 0.29) is 23.1 Å². The lowest BCUT2D eigenvalue weighted by molar-refractivity contribution is -0.121. The molecule has 0 heterocycles. The fourth-order valence-corrected chi connectivity index (χ4v) is 2.04. The summed E-state index contributed by atoms with van der Waals surface area (Å²) in [6.07, 6.45) is 3.64. The van der Waals surface area contributed by atoms with E-state index in [0.29, 0.717) is 17.6 Å². The van der Waals surface area contributed by atoms with Gasteiger partial charge in [0.05, 0.1) is 14.2 Å². The first-order valence-corrected chi connectivity index (χ1v) is 6.19. The average Bonchev–Trinajstić information content (AvgIpc) is 2.37. The topological polar surface area (TPSA) is 52.6 Å². The molecular weight excluding hydrogens is 232 g/mol. The zero-order chi connectivity index (χ0) is 13.7. The quantitative estimate of drug-likeness (QED) is 0.538. The van der Waals surface area contributed by atoms with Crippen LogP contribution in [0.15, 0.2) is 22.7 Å². The summed E-state index contributed by atoms with van der Waals surface area (Å²) in [6, 6.07) is 0. The van der Waals surface area contributed by atoms with Gasteiger partial charge >= 0.3 is 0 Å². The van der Waals surface area contributed by atoms with Crippen molar-refractivity contribution in [3.8, 4) is 0 Å². The van der Waals surface area contributed by atoms with Gasteiger partial charge in [0.1, 0.15) is 0 Å². The Morgan fingerprint density at radius 1 is 0.944 bits per heavy atom. The first kappa shape index (κ1) is 14.5. The minimum atomic E-state index is -0.250. The molecule has 0 aromatic heterocycles. The van der Waals surface area contributed by atoms with Crippen LogP contribution in [0.4, 0.5) is 0 Å². The van der Waals surface area contributed by atoms with Gasteiger partial charge in [-0.05, 0) is 19.8 Å². The molecule has 1 rings (SSSR count). The van der Waals surface area contributed by atoms with E-state index in [9.17, 15) is 9.59 Å². The molecule has 1 aliphatic carbocycles. The lowest BCUT2D eigenvalue weighted by atomic mass is 9.89. The maximum absolute atomic E-state index is 12.2. The Bertz CT molecular complexity index is 416. The van der Waals surface area contributed by atoms with Gasteiger partial charge in [-0.1, -0.05) is 19.8 Å². The molecular formula is C14H20O4. The largest absolute Gasteiger partial charge is 0.489 e. The highest BCUT2D eigenvalue weighted by molar-refractivity contribution is 6.23. The number of Topliss-reactive ketones (excluding diaryl/α,β-unsaturated/α-hetero) is 2. The number of allylic oxidation sites excluding steroid dienone is 2. The zero-order valence-electron chi connectivity index (χ0n) is 11.5. The van der Waals surface area contributed by atoms with Gasteiger partial charge in [-0.2, -0.15) is 0 Å². The van der Waals surface area contributed by atoms with Gasteiger partial charge in [0.15, 0.2) is 0 Å². The predicted molar refractivity (Wildman–Crippen MR) is 67.9 cm³/mol. The number of hydrogen-bond acceptors (Lipinski definition) is 4. The van der Waals surface area contributed by atoms with Gasteiger partial charge in [-0.25, -0.2) is 0 Å². The molecule has 0 spiro atoms. The molecule has 4 nitrogen and oxygen atoms in total. The second-order valence-corrected chi connectivity index (χ2v) is 4.29. The van der Waals surface area contributed by atoms with Crippen LogP contribution < -0.4 is 0 Å². The third kappa shape index (κ3) is 2.63. The van der Waals surface area contributed by atoms with Crippen LogP contribution in [0.25, 0.3) is 0 Å². The van der Waals surface area contributed by atoms with Gasteiger partial charge in [0.2, 0.25) is 23.1 Å². The summed E-state index contributed by atoms with van der Waals surface area (Å²) in [7, 11) is 2.75. The summed E-state index contributed by atoms with van der Waals surface area (Å²) in [5, 5.41) is 0. The first-order chi connectivity index (χ1) is 8.58. The van der Waals surface area contributed by atoms with Crippen molar-refractivity contribution in [1.82, 2.24) is 0 Å². The summed E-state index contributed by atoms with van der Waals surface area (Å²) in [6.45, 7) is 3.77. The molecule has 0 radical (unpaired) electrons. The minimum absolute atomic E-state index is 0.0132. The molecule has 1 aliphatic rings. The van der Waals surface area contributed by atoms with Gasteiger partial charge < -0.3 is 9.47 Å². The number of unbranched alkanes of at least 4 members (excludes halogenated alkanes) is 2. The molecule has 0 saturated heterocycles. The van der Waals surface area contributed by atoms with Crippen LogP contribution in [-0.4, -0.2) is 25.8 Å². The average molecular weight is 252 g/mol. The summed E-state index contributed by atoms with van der Waals surface area (Å²) < 4.78 is 9.98. The molecule has 4 heteroatoms. The van der Waals surface area contributed by atoms with E-state index in [1.165, 1.54) is 14.2 Å². The zero-order valence-corrected chi connectivity index (χ0v) is 11.5. The van der Waals surface area contributed by atoms with Crippen LogP contribution in [0.1, 0.15) is 39.5 Å². The Hall–Kier alpha value is -1.58. The van der Waals surface area contributed by atoms with E-state index >= 15 is 0 Å². The number of ether oxygens (including phenoxy) is 2. The van der Waals surface area contributed by atoms with Crippen LogP contribution in [0.3, 0.4) is 0 Å². The number of rotatable bonds is 6. The third-order valence-electron chi connectivity index (χ3n) is 3.12. The van der Waals surface area contributed by atoms with Gasteiger partial charge in [-0.15, -0.1) is 0 Å². The van der Waals surface area contributed by atoms with Crippen molar-refractivity contribution in [3.05, 3.63) is 22.7 Å². The molecule has 100 valence electrons. The van der Waals surface area contributed by atoms with Crippen LogP contribution in [0.5, 0.6) is 0 Å². The fourth-order valence-electron chi connectivity index (χ4n) is 2.04. The smallest absolute Gasteiger partial charge is 0.228 e. The standard InChI is InChI=1S/C14H20O4/c1-5-6-7-8-10-9(2)11(15)13(17-3)14(18-4)12(10)16/h5-8H2,1-4H3. The molecule has 18 heavy (non-hydrogen) atoms. The van der Waals surface area contributed by atoms with E-state index in [2.05, 4.69) is 6.92 Å². The lowest BCUT2D eigenvalue weighted by Gasteiger charge is -2.20. The highest BCUT2D eigenvalue weighted by Crippen LogP contribution is 2.28. The number of methoxy groups -OCH3 is 2. The predicted octanol–water partition coefficient (Wildman–Crippen LogP) is 2.54. The number of ketones is 2. The molecule has 0 amide bonds. The number of carbonyl (C=O) groups is 2. The summed E-state index contributed by atoms with van der Waals surface area (Å²) in [5.74, 6) is -0.429. The second-order valence-electron chi connectivity index (χ2n) is 4.29. The molecule has 0 saturated carbocycles. The van der Waals surface area contributed by atoms with Crippen molar-refractivity contribution in [1.29, 1.82) is 0 Å². The Kier molecular flexibility index (Phi) is 5.13. The molecule has 0 aliphatic heterocycles. The van der Waals surface area contributed by atoms with Crippen LogP contribution in [-0.2, 0) is 19.1 Å². The Labute approximate surface area is 108 Å². The second kappa shape index (κ2) is 6.38. The first-order valence-electron chi connectivity index (χ1n) is 6.19. The Morgan fingerprint density at radius 3 is 2.00 bits per heavy atom. The normalized spacial score (nSPS) is 16.4. The van der Waals surface area contributed by atoms with Gasteiger partial charge in [0, 0.05) is 11.1 Å². The van der Waals surface area contributed by atoms with Crippen LogP contribution in [0, 0.1) is 0 Å². The molecule has 0 bridgehead atoms. The number of hydrogen-bond donors (Lipinski definition) is 0. The van der Waals surface area contributed by atoms with E-state index in [1.54, 1.807) is 6.92 Å². The van der Waals surface area contributed by atoms with Crippen molar-refractivity contribution in [3.63, 3.8) is 0 Å². The monoisotopic (exact) mass is 252 g/mol. The minimum Gasteiger partial charge on any atom is -0.489 e. The van der Waals surface area contributed by atoms with E-state index in [0.717, 1.165) is 19.3 Å². The molecule has 0 atom stereocenters. The highest BCUT2D eigenvalue weighted by atomic mass is 16.5. The van der Waals surface area contributed by atoms with Crippen LogP contribution >= 0.6 is 0 Å². The highest BCUT2D eigenvalue weighted by Gasteiger charge is 2.34. The van der Waals surface area contributed by atoms with Crippen molar-refractivity contribution in [2.75, 3.05) is 14.2 Å². The molecule has 0 aromatic carbocycles. The van der Waals surface area contributed by atoms with E-state index < -0.39 is 0 Å². The van der Waals surface area contributed by atoms with Crippen LogP contribution in [0.2, 0.25) is 0 Å². The van der Waals surface area contributed by atoms with E-state index in [1.807, 2.05) is 0 Å². The van der Waals surface area contributed by atoms with Gasteiger partial charge in [0.25, 0.3) is 0 Å². The molecule has 0 fully saturated rings. The molecule has 0 aromatic rings. The van der Waals surface area contributed by atoms with E-state index in [4.69, 9.17) is 9.47 Å². The Morgan fingerprint density at radius 2 is 1.50 bits per heavy atom. The molecule has 0 unspecified atom stereocenters. The third-order valence-corrected chi connectivity index (χ3v) is 3.12. The van der Waals surface area contributed by atoms with Crippen molar-refractivity contribution < 1.29 is 19.1 Å². The number of carbonyl (C=O) groups excluding carboxylic acids is 2. The lowest BCUT2D eigenvalue weighted by Crippen LogP contribution is -2.25.